The SMILES string of the molecule is C1CCOC1.CCN.CCN(CC)CC.CCO.COc1cc2nccc(Oc3ccc(CC(=O)Cc4cc(C(C)(C)C)nn4C)c(Cl)c3)c2cc1C(N)=O.COc1cc2nccc(Oc3ccc(CC(=O)Oc4ccccc4)c(Cl)c3)c2cc1C(N)=O.Cn1nc(C(C)(C)C)cc1N.Cn1nc(C(C)(C)C)cc1N.O=S(=O)(O)O.[C-]#[N+]CC(=O)C(C)(C)C. The van der Waals surface area contributed by atoms with E-state index in [1.165, 1.54) is 46.7 Å². The summed E-state index contributed by atoms with van der Waals surface area (Å²) in [6, 6.07) is 34.6. The molecule has 1 saturated heterocycles. The Morgan fingerprint density at radius 2 is 0.935 bits per heavy atom. The normalized spacial score (nSPS) is 11.5. The Balaban J connectivity index is 0.000000533. The second kappa shape index (κ2) is 52.5. The van der Waals surface area contributed by atoms with Crippen LogP contribution in [0.3, 0.4) is 0 Å². The van der Waals surface area contributed by atoms with Crippen molar-refractivity contribution in [3.05, 3.63) is 200 Å². The maximum atomic E-state index is 12.8. The van der Waals surface area contributed by atoms with Crippen molar-refractivity contribution in [1.82, 2.24) is 44.2 Å². The molecule has 0 saturated carbocycles. The van der Waals surface area contributed by atoms with E-state index < -0.39 is 28.2 Å². The number of nitrogens with zero attached hydrogens (tertiary/aromatic N) is 10. The average molecular weight is 1780 g/mol. The topological polar surface area (TPSA) is 452 Å². The second-order valence-electron chi connectivity index (χ2n) is 31.7. The number of aliphatic hydroxyl groups is 1. The van der Waals surface area contributed by atoms with Gasteiger partial charge in [0.25, 0.3) is 18.4 Å². The monoisotopic (exact) mass is 1780 g/mol. The molecule has 0 unspecified atom stereocenters. The van der Waals surface area contributed by atoms with Crippen molar-refractivity contribution in [1.29, 1.82) is 0 Å². The number of hydrogen-bond acceptors (Lipinski definition) is 23. The maximum absolute atomic E-state index is 12.8. The van der Waals surface area contributed by atoms with Gasteiger partial charge in [-0.15, -0.1) is 0 Å². The standard InChI is InChI=1S/C28H29ClN4O4.C25H19ClN2O5.2C8H15N3.C7H11NO.C6H15N.C4H8O.C2H7N.C2H6O.H2O4S/c1-28(2,3)26-12-17(33(4)32-26)11-18(34)10-16-6-7-19(13-22(16)29)37-24-8-9-31-23-15-25(36-5)21(27(30)35)14-20(23)24;1-31-23-14-21-18(13-19(23)25(27)30)22(9-10-28-21)32-17-8-7-15(20(26)12-17)11-24(29)33-16-5-3-2-4-6-16;2*1-8(2,3)6-5-7(9)11(4)10-6;1-7(2,3)6(9)5-8-4;1-4-7(5-2)6-3;1-2-4-5-3-1;2*1-2-3;1-5(2,3)4/h6-9,12-15H,10-11H2,1-5H3,(H2,30,35);2-10,12-14H,11H2,1H3,(H2,27,30);2*5H,9H2,1-4H3;5H2,1-3H3;4-6H2,1-3H3;1-4H2;2-3H2,1H3;3H,2H2,1H3;(H2,1,2,3,4). The molecule has 13 N–H and O–H groups in total. The zero-order chi connectivity index (χ0) is 94.2. The number of esters is 1. The van der Waals surface area contributed by atoms with Crippen molar-refractivity contribution < 1.29 is 75.0 Å². The van der Waals surface area contributed by atoms with E-state index in [1.807, 2.05) is 73.1 Å². The number of aliphatic hydroxyl groups excluding tert-OH is 1. The summed E-state index contributed by atoms with van der Waals surface area (Å²) in [5, 5.41) is 22.6. The van der Waals surface area contributed by atoms with Gasteiger partial charge in [-0.3, -0.25) is 57.1 Å². The van der Waals surface area contributed by atoms with Crippen molar-refractivity contribution in [2.75, 3.05) is 78.2 Å². The molecule has 5 aromatic heterocycles. The number of aryl methyl sites for hydroxylation is 3. The van der Waals surface area contributed by atoms with E-state index in [9.17, 15) is 24.0 Å². The smallest absolute Gasteiger partial charge is 0.394 e. The number of para-hydroxylation sites is 1. The van der Waals surface area contributed by atoms with E-state index in [0.29, 0.717) is 83.2 Å². The number of halogens is 2. The largest absolute Gasteiger partial charge is 0.496 e. The number of pyridine rings is 2. The van der Waals surface area contributed by atoms with E-state index in [-0.39, 0.29) is 76.8 Å². The number of aromatic nitrogens is 8. The van der Waals surface area contributed by atoms with E-state index >= 15 is 0 Å². The third-order valence-corrected chi connectivity index (χ3v) is 18.2. The molecule has 2 amide bonds. The number of nitrogens with two attached hydrogens (primary N) is 5. The quantitative estimate of drug-likeness (QED) is 0.0161. The third-order valence-electron chi connectivity index (χ3n) is 17.5. The number of carbonyl (C=O) groups is 5. The van der Waals surface area contributed by atoms with E-state index in [1.54, 1.807) is 130 Å². The summed E-state index contributed by atoms with van der Waals surface area (Å²) in [6.07, 6.45) is 6.20. The van der Waals surface area contributed by atoms with Crippen molar-refractivity contribution in [2.45, 2.75) is 166 Å². The molecule has 1 fully saturated rings. The van der Waals surface area contributed by atoms with Crippen LogP contribution in [-0.2, 0) is 86.2 Å². The Kier molecular flexibility index (Phi) is 46.1. The fourth-order valence-corrected chi connectivity index (χ4v) is 10.9. The highest BCUT2D eigenvalue weighted by molar-refractivity contribution is 7.79. The number of nitrogen functional groups attached to an aromatic ring is 2. The Labute approximate surface area is 740 Å². The van der Waals surface area contributed by atoms with Crippen molar-refractivity contribution >= 4 is 96.4 Å². The van der Waals surface area contributed by atoms with Gasteiger partial charge < -0.3 is 71.9 Å². The zero-order valence-corrected chi connectivity index (χ0v) is 77.9. The highest BCUT2D eigenvalue weighted by Crippen LogP contribution is 2.37. The number of hydrogen-bond donors (Lipinski definition) is 8. The van der Waals surface area contributed by atoms with Gasteiger partial charge in [0, 0.05) is 139 Å². The second-order valence-corrected chi connectivity index (χ2v) is 33.4. The lowest BCUT2D eigenvalue weighted by molar-refractivity contribution is -0.133. The zero-order valence-electron chi connectivity index (χ0n) is 75.6. The number of ether oxygens (including phenoxy) is 6. The van der Waals surface area contributed by atoms with Gasteiger partial charge in [0.15, 0.2) is 0 Å². The molecule has 0 bridgehead atoms. The molecule has 0 atom stereocenters. The van der Waals surface area contributed by atoms with Crippen LogP contribution < -0.4 is 52.4 Å². The summed E-state index contributed by atoms with van der Waals surface area (Å²) in [5.41, 5.74) is 33.6. The van der Waals surface area contributed by atoms with Crippen LogP contribution in [0.15, 0.2) is 134 Å². The molecular weight excluding hydrogens is 1650 g/mol. The van der Waals surface area contributed by atoms with Crippen LogP contribution in [0.5, 0.6) is 40.2 Å². The average Bonchev–Trinajstić information content (AvgIpc) is 1.54. The van der Waals surface area contributed by atoms with Crippen molar-refractivity contribution in [2.24, 2.45) is 43.8 Å². The highest BCUT2D eigenvalue weighted by Gasteiger charge is 2.25. The molecule has 10 aromatic rings. The number of benzene rings is 5. The maximum Gasteiger partial charge on any atom is 0.394 e. The van der Waals surface area contributed by atoms with E-state index in [0.717, 1.165) is 54.2 Å². The number of anilines is 2. The molecule has 5 aromatic carbocycles. The fraction of sp³-hybridized carbons (Fsp3) is 0.433. The van der Waals surface area contributed by atoms with Gasteiger partial charge in [0.1, 0.15) is 57.7 Å². The minimum Gasteiger partial charge on any atom is -0.496 e. The summed E-state index contributed by atoms with van der Waals surface area (Å²) < 4.78 is 69.6. The van der Waals surface area contributed by atoms with Crippen LogP contribution in [-0.4, -0.2) is 163 Å². The number of carbonyl (C=O) groups excluding carboxylic acids is 5. The summed E-state index contributed by atoms with van der Waals surface area (Å²) in [5.74, 6) is 2.80. The number of amides is 2. The Hall–Kier alpha value is -11.1. The minimum absolute atomic E-state index is 0.00790. The molecule has 1 aliphatic heterocycles. The molecular formula is C90H127Cl2N15O16S. The summed E-state index contributed by atoms with van der Waals surface area (Å²) >= 11 is 12.9. The molecule has 678 valence electrons. The Bertz CT molecular complexity index is 5090. The molecule has 31 nitrogen and oxygen atoms in total. The third kappa shape index (κ3) is 39.2. The van der Waals surface area contributed by atoms with Crippen LogP contribution in [0.4, 0.5) is 11.6 Å². The van der Waals surface area contributed by atoms with Crippen LogP contribution in [0.25, 0.3) is 26.7 Å². The first-order chi connectivity index (χ1) is 57.9. The fourth-order valence-electron chi connectivity index (χ4n) is 10.4. The summed E-state index contributed by atoms with van der Waals surface area (Å²) in [7, 11) is 3.80. The molecule has 6 heterocycles. The molecule has 1 aliphatic rings. The van der Waals surface area contributed by atoms with Gasteiger partial charge in [-0.2, -0.15) is 23.7 Å². The number of methoxy groups -OCH3 is 2. The molecule has 0 spiro atoms. The van der Waals surface area contributed by atoms with Gasteiger partial charge >= 0.3 is 16.4 Å². The number of fused-ring (bicyclic) bond motifs is 2. The van der Waals surface area contributed by atoms with E-state index in [4.69, 9.17) is 109 Å². The molecule has 11 rings (SSSR count). The minimum atomic E-state index is -4.67. The van der Waals surface area contributed by atoms with Crippen LogP contribution in [0, 0.1) is 12.0 Å². The van der Waals surface area contributed by atoms with Gasteiger partial charge in [0.2, 0.25) is 5.78 Å². The van der Waals surface area contributed by atoms with Crippen LogP contribution >= 0.6 is 23.2 Å². The molecule has 124 heavy (non-hydrogen) atoms. The Morgan fingerprint density at radius 1 is 0.556 bits per heavy atom. The van der Waals surface area contributed by atoms with Gasteiger partial charge in [-0.05, 0) is 124 Å². The van der Waals surface area contributed by atoms with E-state index in [2.05, 4.69) is 118 Å². The first kappa shape index (κ1) is 109. The molecule has 0 aliphatic carbocycles. The van der Waals surface area contributed by atoms with Crippen LogP contribution in [0.2, 0.25) is 10.0 Å². The lowest BCUT2D eigenvalue weighted by Crippen LogP contribution is -2.21. The van der Waals surface area contributed by atoms with Crippen molar-refractivity contribution in [3.8, 4) is 40.2 Å². The molecule has 0 radical (unpaired) electrons. The lowest BCUT2D eigenvalue weighted by atomic mass is 9.91. The molecule has 34 heteroatoms. The number of Topliss-reactive ketones (excluding diaryl/α,β-unsaturated/α-hetero) is 2. The number of ketones is 2. The van der Waals surface area contributed by atoms with Gasteiger partial charge in [0.05, 0.1) is 59.9 Å². The first-order valence-electron chi connectivity index (χ1n) is 39.9. The lowest BCUT2D eigenvalue weighted by Gasteiger charge is -2.13. The predicted octanol–water partition coefficient (Wildman–Crippen LogP) is 15.7. The van der Waals surface area contributed by atoms with Gasteiger partial charge in [-0.25, -0.2) is 6.57 Å². The number of primary amides is 2. The first-order valence-corrected chi connectivity index (χ1v) is 42.1. The highest BCUT2D eigenvalue weighted by atomic mass is 35.5. The number of rotatable bonds is 19. The Morgan fingerprint density at radius 3 is 1.22 bits per heavy atom. The summed E-state index contributed by atoms with van der Waals surface area (Å²) in [4.78, 5) is 73.6. The summed E-state index contributed by atoms with van der Waals surface area (Å²) in [6.45, 7) is 47.6. The predicted molar refractivity (Wildman–Crippen MR) is 491 cm³/mol. The van der Waals surface area contributed by atoms with Crippen molar-refractivity contribution in [3.63, 3.8) is 0 Å². The van der Waals surface area contributed by atoms with Crippen LogP contribution in [0.1, 0.15) is 185 Å². The van der Waals surface area contributed by atoms with Gasteiger partial charge in [-0.1, -0.05) is 164 Å².